The van der Waals surface area contributed by atoms with E-state index in [1.165, 1.54) is 25.0 Å². The van der Waals surface area contributed by atoms with Crippen molar-refractivity contribution in [2.24, 2.45) is 5.41 Å². The summed E-state index contributed by atoms with van der Waals surface area (Å²) in [5, 5.41) is 0. The lowest BCUT2D eigenvalue weighted by Gasteiger charge is -2.38. The maximum atomic E-state index is 5.89. The van der Waals surface area contributed by atoms with E-state index in [0.29, 0.717) is 6.23 Å². The molecule has 2 aliphatic heterocycles. The van der Waals surface area contributed by atoms with Crippen LogP contribution in [0.1, 0.15) is 40.0 Å². The van der Waals surface area contributed by atoms with Gasteiger partial charge in [0.15, 0.2) is 0 Å². The first-order chi connectivity index (χ1) is 7.48. The van der Waals surface area contributed by atoms with Crippen LogP contribution in [0.5, 0.6) is 0 Å². The second-order valence-corrected chi connectivity index (χ2v) is 5.95. The smallest absolute Gasteiger partial charge is 0.131 e. The Morgan fingerprint density at radius 3 is 2.62 bits per heavy atom. The largest absolute Gasteiger partial charge is 0.361 e. The molecule has 0 aromatic rings. The Morgan fingerprint density at radius 1 is 1.31 bits per heavy atom. The van der Waals surface area contributed by atoms with E-state index < -0.39 is 0 Å². The molecule has 0 spiro atoms. The molecule has 0 amide bonds. The number of allylic oxidation sites excluding steroid dienone is 1. The van der Waals surface area contributed by atoms with E-state index in [4.69, 9.17) is 4.74 Å². The molecule has 2 rings (SSSR count). The molecule has 2 heterocycles. The standard InChI is InChI=1S/C13H24N2O/c1-13(2,3)11-9-14(4)10-15(11)12-7-5-6-8-16-12/h9,12H,5-8,10H2,1-4H3. The summed E-state index contributed by atoms with van der Waals surface area (Å²) < 4.78 is 5.89. The van der Waals surface area contributed by atoms with Crippen LogP contribution in [-0.2, 0) is 4.74 Å². The van der Waals surface area contributed by atoms with Gasteiger partial charge in [-0.25, -0.2) is 0 Å². The van der Waals surface area contributed by atoms with Crippen molar-refractivity contribution in [3.8, 4) is 0 Å². The maximum Gasteiger partial charge on any atom is 0.131 e. The third-order valence-corrected chi connectivity index (χ3v) is 3.30. The number of hydrogen-bond acceptors (Lipinski definition) is 3. The normalized spacial score (nSPS) is 27.2. The zero-order chi connectivity index (χ0) is 11.8. The van der Waals surface area contributed by atoms with Crippen molar-refractivity contribution in [2.45, 2.75) is 46.3 Å². The summed E-state index contributed by atoms with van der Waals surface area (Å²) >= 11 is 0. The van der Waals surface area contributed by atoms with Crippen molar-refractivity contribution in [2.75, 3.05) is 20.3 Å². The predicted octanol–water partition coefficient (Wildman–Crippen LogP) is 2.61. The molecule has 3 nitrogen and oxygen atoms in total. The Hall–Kier alpha value is -0.700. The van der Waals surface area contributed by atoms with Gasteiger partial charge in [-0.15, -0.1) is 0 Å². The highest BCUT2D eigenvalue weighted by molar-refractivity contribution is 5.14. The lowest BCUT2D eigenvalue weighted by molar-refractivity contribution is -0.0800. The predicted molar refractivity (Wildman–Crippen MR) is 65.6 cm³/mol. The molecule has 92 valence electrons. The van der Waals surface area contributed by atoms with Crippen LogP contribution in [-0.4, -0.2) is 36.4 Å². The summed E-state index contributed by atoms with van der Waals surface area (Å²) in [4.78, 5) is 4.68. The molecule has 0 aromatic heterocycles. The highest BCUT2D eigenvalue weighted by Crippen LogP contribution is 2.35. The van der Waals surface area contributed by atoms with Gasteiger partial charge >= 0.3 is 0 Å². The van der Waals surface area contributed by atoms with Gasteiger partial charge in [-0.1, -0.05) is 20.8 Å². The van der Waals surface area contributed by atoms with Gasteiger partial charge in [-0.05, 0) is 19.3 Å². The number of nitrogens with zero attached hydrogens (tertiary/aromatic N) is 2. The van der Waals surface area contributed by atoms with Crippen LogP contribution in [0.25, 0.3) is 0 Å². The Balaban J connectivity index is 2.11. The molecule has 0 bridgehead atoms. The van der Waals surface area contributed by atoms with E-state index in [-0.39, 0.29) is 5.41 Å². The number of hydrogen-bond donors (Lipinski definition) is 0. The fraction of sp³-hybridized carbons (Fsp3) is 0.846. The van der Waals surface area contributed by atoms with E-state index in [1.54, 1.807) is 0 Å². The van der Waals surface area contributed by atoms with Gasteiger partial charge in [0, 0.05) is 31.0 Å². The van der Waals surface area contributed by atoms with E-state index >= 15 is 0 Å². The Kier molecular flexibility index (Phi) is 3.15. The molecular formula is C13H24N2O. The molecule has 1 atom stereocenters. The second-order valence-electron chi connectivity index (χ2n) is 5.95. The fourth-order valence-corrected chi connectivity index (χ4v) is 2.48. The highest BCUT2D eigenvalue weighted by atomic mass is 16.5. The van der Waals surface area contributed by atoms with Gasteiger partial charge in [-0.2, -0.15) is 0 Å². The minimum absolute atomic E-state index is 0.200. The van der Waals surface area contributed by atoms with Crippen molar-refractivity contribution in [3.63, 3.8) is 0 Å². The first-order valence-electron chi connectivity index (χ1n) is 6.29. The molecule has 3 heteroatoms. The summed E-state index contributed by atoms with van der Waals surface area (Å²) in [6.45, 7) is 8.70. The van der Waals surface area contributed by atoms with E-state index in [2.05, 4.69) is 43.8 Å². The SMILES string of the molecule is CN1C=C(C(C)(C)C)N(C2CCCCO2)C1. The number of rotatable bonds is 1. The Labute approximate surface area is 99.1 Å². The lowest BCUT2D eigenvalue weighted by Crippen LogP contribution is -2.41. The van der Waals surface area contributed by atoms with Crippen molar-refractivity contribution < 1.29 is 4.74 Å². The Bertz CT molecular complexity index is 274. The van der Waals surface area contributed by atoms with Gasteiger partial charge in [0.05, 0.1) is 6.67 Å². The Morgan fingerprint density at radius 2 is 2.06 bits per heavy atom. The summed E-state index contributed by atoms with van der Waals surface area (Å²) in [6.07, 6.45) is 6.24. The summed E-state index contributed by atoms with van der Waals surface area (Å²) in [7, 11) is 2.13. The van der Waals surface area contributed by atoms with Crippen molar-refractivity contribution in [1.29, 1.82) is 0 Å². The second kappa shape index (κ2) is 4.28. The van der Waals surface area contributed by atoms with Gasteiger partial charge in [-0.3, -0.25) is 0 Å². The molecule has 0 aromatic carbocycles. The topological polar surface area (TPSA) is 15.7 Å². The van der Waals surface area contributed by atoms with Crippen LogP contribution in [0, 0.1) is 5.41 Å². The third kappa shape index (κ3) is 2.34. The minimum atomic E-state index is 0.200. The molecule has 1 fully saturated rings. The highest BCUT2D eigenvalue weighted by Gasteiger charge is 2.33. The molecule has 0 saturated carbocycles. The molecule has 0 N–H and O–H groups in total. The molecule has 0 radical (unpaired) electrons. The third-order valence-electron chi connectivity index (χ3n) is 3.30. The van der Waals surface area contributed by atoms with Gasteiger partial charge in [0.25, 0.3) is 0 Å². The van der Waals surface area contributed by atoms with Gasteiger partial charge in [0.2, 0.25) is 0 Å². The van der Waals surface area contributed by atoms with Crippen LogP contribution < -0.4 is 0 Å². The molecular weight excluding hydrogens is 200 g/mol. The molecule has 1 unspecified atom stereocenters. The zero-order valence-electron chi connectivity index (χ0n) is 11.0. The van der Waals surface area contributed by atoms with E-state index in [1.807, 2.05) is 0 Å². The van der Waals surface area contributed by atoms with Crippen LogP contribution in [0.3, 0.4) is 0 Å². The minimum Gasteiger partial charge on any atom is -0.361 e. The number of ether oxygens (including phenoxy) is 1. The van der Waals surface area contributed by atoms with Crippen LogP contribution >= 0.6 is 0 Å². The lowest BCUT2D eigenvalue weighted by atomic mass is 9.91. The van der Waals surface area contributed by atoms with Gasteiger partial charge in [0.1, 0.15) is 6.23 Å². The first-order valence-corrected chi connectivity index (χ1v) is 6.29. The van der Waals surface area contributed by atoms with Crippen LogP contribution in [0.15, 0.2) is 11.9 Å². The molecule has 0 aliphatic carbocycles. The zero-order valence-corrected chi connectivity index (χ0v) is 11.0. The maximum absolute atomic E-state index is 5.89. The summed E-state index contributed by atoms with van der Waals surface area (Å²) in [6, 6.07) is 0. The molecule has 1 saturated heterocycles. The van der Waals surface area contributed by atoms with Crippen molar-refractivity contribution in [3.05, 3.63) is 11.9 Å². The molecule has 16 heavy (non-hydrogen) atoms. The average molecular weight is 224 g/mol. The molecule has 2 aliphatic rings. The van der Waals surface area contributed by atoms with Crippen molar-refractivity contribution in [1.82, 2.24) is 9.80 Å². The summed E-state index contributed by atoms with van der Waals surface area (Å²) in [5.41, 5.74) is 1.60. The fourth-order valence-electron chi connectivity index (χ4n) is 2.48. The monoisotopic (exact) mass is 224 g/mol. The summed E-state index contributed by atoms with van der Waals surface area (Å²) in [5.74, 6) is 0. The van der Waals surface area contributed by atoms with E-state index in [9.17, 15) is 0 Å². The van der Waals surface area contributed by atoms with Crippen molar-refractivity contribution >= 4 is 0 Å². The average Bonchev–Trinajstić information content (AvgIpc) is 2.61. The quantitative estimate of drug-likeness (QED) is 0.681. The van der Waals surface area contributed by atoms with Crippen LogP contribution in [0.2, 0.25) is 0 Å². The van der Waals surface area contributed by atoms with Crippen LogP contribution in [0.4, 0.5) is 0 Å². The first kappa shape index (κ1) is 11.8. The van der Waals surface area contributed by atoms with E-state index in [0.717, 1.165) is 13.3 Å². The van der Waals surface area contributed by atoms with Gasteiger partial charge < -0.3 is 14.5 Å².